The summed E-state index contributed by atoms with van der Waals surface area (Å²) in [7, 11) is 0. The fourth-order valence-corrected chi connectivity index (χ4v) is 1.37. The van der Waals surface area contributed by atoms with Gasteiger partial charge in [0, 0.05) is 18.5 Å². The number of carbonyl (C=O) groups is 2. The first-order valence-corrected chi connectivity index (χ1v) is 6.71. The molecule has 0 aliphatic carbocycles. The van der Waals surface area contributed by atoms with Crippen LogP contribution >= 0.6 is 0 Å². The van der Waals surface area contributed by atoms with Crippen LogP contribution in [-0.4, -0.2) is 37.5 Å². The van der Waals surface area contributed by atoms with Crippen molar-refractivity contribution in [1.82, 2.24) is 16.0 Å². The maximum Gasteiger partial charge on any atom is 0.234 e. The Morgan fingerprint density at radius 3 is 2.17 bits per heavy atom. The molecule has 0 saturated heterocycles. The largest absolute Gasteiger partial charge is 0.356 e. The molecule has 0 rings (SSSR count). The number of hydrogen-bond acceptors (Lipinski definition) is 3. The SMILES string of the molecule is CC(C)NC(=O)CNCCCCNC(=O)C(C)C. The summed E-state index contributed by atoms with van der Waals surface area (Å²) in [6.07, 6.45) is 1.88. The van der Waals surface area contributed by atoms with Crippen molar-refractivity contribution >= 4 is 11.8 Å². The fraction of sp³-hybridized carbons (Fsp3) is 0.846. The molecule has 0 heterocycles. The first-order valence-electron chi connectivity index (χ1n) is 6.71. The Kier molecular flexibility index (Phi) is 9.28. The highest BCUT2D eigenvalue weighted by Gasteiger charge is 2.05. The van der Waals surface area contributed by atoms with Gasteiger partial charge >= 0.3 is 0 Å². The zero-order valence-corrected chi connectivity index (χ0v) is 12.0. The van der Waals surface area contributed by atoms with E-state index in [1.165, 1.54) is 0 Å². The number of amides is 2. The van der Waals surface area contributed by atoms with Crippen LogP contribution in [0.2, 0.25) is 0 Å². The van der Waals surface area contributed by atoms with E-state index in [0.29, 0.717) is 13.1 Å². The molecule has 0 fully saturated rings. The van der Waals surface area contributed by atoms with E-state index in [1.807, 2.05) is 27.7 Å². The van der Waals surface area contributed by atoms with Gasteiger partial charge in [-0.05, 0) is 33.2 Å². The van der Waals surface area contributed by atoms with Crippen LogP contribution in [0.25, 0.3) is 0 Å². The molecule has 0 unspecified atom stereocenters. The van der Waals surface area contributed by atoms with Crippen molar-refractivity contribution < 1.29 is 9.59 Å². The molecule has 2 amide bonds. The second kappa shape index (κ2) is 9.88. The van der Waals surface area contributed by atoms with Crippen molar-refractivity contribution in [1.29, 1.82) is 0 Å². The average Bonchev–Trinajstić information content (AvgIpc) is 2.26. The summed E-state index contributed by atoms with van der Waals surface area (Å²) in [6, 6.07) is 0.186. The molecule has 18 heavy (non-hydrogen) atoms. The summed E-state index contributed by atoms with van der Waals surface area (Å²) in [6.45, 7) is 9.50. The Bertz CT molecular complexity index is 253. The van der Waals surface area contributed by atoms with Gasteiger partial charge in [0.2, 0.25) is 11.8 Å². The highest BCUT2D eigenvalue weighted by molar-refractivity contribution is 5.78. The van der Waals surface area contributed by atoms with Gasteiger partial charge in [-0.1, -0.05) is 13.8 Å². The van der Waals surface area contributed by atoms with Crippen molar-refractivity contribution in [3.05, 3.63) is 0 Å². The monoisotopic (exact) mass is 257 g/mol. The lowest BCUT2D eigenvalue weighted by Crippen LogP contribution is -2.38. The van der Waals surface area contributed by atoms with Crippen LogP contribution < -0.4 is 16.0 Å². The second-order valence-corrected chi connectivity index (χ2v) is 5.05. The van der Waals surface area contributed by atoms with Crippen LogP contribution in [0, 0.1) is 5.92 Å². The Labute approximate surface area is 110 Å². The highest BCUT2D eigenvalue weighted by Crippen LogP contribution is 1.91. The van der Waals surface area contributed by atoms with Gasteiger partial charge in [-0.15, -0.1) is 0 Å². The van der Waals surface area contributed by atoms with Crippen LogP contribution in [0.5, 0.6) is 0 Å². The summed E-state index contributed by atoms with van der Waals surface area (Å²) in [4.78, 5) is 22.5. The van der Waals surface area contributed by atoms with Gasteiger partial charge in [-0.25, -0.2) is 0 Å². The zero-order valence-electron chi connectivity index (χ0n) is 12.0. The Balaban J connectivity index is 3.31. The van der Waals surface area contributed by atoms with Gasteiger partial charge in [0.15, 0.2) is 0 Å². The fourth-order valence-electron chi connectivity index (χ4n) is 1.37. The van der Waals surface area contributed by atoms with Crippen molar-refractivity contribution in [2.45, 2.75) is 46.6 Å². The number of nitrogens with one attached hydrogen (secondary N) is 3. The molecule has 0 bridgehead atoms. The van der Waals surface area contributed by atoms with E-state index in [0.717, 1.165) is 19.4 Å². The van der Waals surface area contributed by atoms with Crippen LogP contribution in [-0.2, 0) is 9.59 Å². The molecule has 0 aromatic rings. The Hall–Kier alpha value is -1.10. The molecular formula is C13H27N3O2. The molecule has 0 saturated carbocycles. The van der Waals surface area contributed by atoms with Gasteiger partial charge in [0.05, 0.1) is 6.54 Å². The topological polar surface area (TPSA) is 70.2 Å². The number of unbranched alkanes of at least 4 members (excludes halogenated alkanes) is 1. The molecule has 0 radical (unpaired) electrons. The van der Waals surface area contributed by atoms with Gasteiger partial charge < -0.3 is 16.0 Å². The van der Waals surface area contributed by atoms with Crippen molar-refractivity contribution in [3.8, 4) is 0 Å². The molecule has 0 aliphatic rings. The number of hydrogen-bond donors (Lipinski definition) is 3. The molecule has 3 N–H and O–H groups in total. The molecule has 5 nitrogen and oxygen atoms in total. The lowest BCUT2D eigenvalue weighted by Gasteiger charge is -2.09. The standard InChI is InChI=1S/C13H27N3O2/c1-10(2)13(18)15-8-6-5-7-14-9-12(17)16-11(3)4/h10-11,14H,5-9H2,1-4H3,(H,15,18)(H,16,17). The minimum absolute atomic E-state index is 0.0260. The maximum atomic E-state index is 11.3. The third-order valence-corrected chi connectivity index (χ3v) is 2.34. The van der Waals surface area contributed by atoms with E-state index in [4.69, 9.17) is 0 Å². The minimum Gasteiger partial charge on any atom is -0.356 e. The van der Waals surface area contributed by atoms with Gasteiger partial charge in [0.25, 0.3) is 0 Å². The Morgan fingerprint density at radius 1 is 1.00 bits per heavy atom. The highest BCUT2D eigenvalue weighted by atomic mass is 16.2. The van der Waals surface area contributed by atoms with Crippen LogP contribution in [0.15, 0.2) is 0 Å². The average molecular weight is 257 g/mol. The summed E-state index contributed by atoms with van der Waals surface area (Å²) in [5, 5.41) is 8.75. The molecule has 0 aromatic carbocycles. The number of carbonyl (C=O) groups excluding carboxylic acids is 2. The molecule has 0 aliphatic heterocycles. The Morgan fingerprint density at radius 2 is 1.61 bits per heavy atom. The zero-order chi connectivity index (χ0) is 14.0. The van der Waals surface area contributed by atoms with E-state index >= 15 is 0 Å². The normalized spacial score (nSPS) is 10.8. The minimum atomic E-state index is 0.0260. The first kappa shape index (κ1) is 16.9. The van der Waals surface area contributed by atoms with Gasteiger partial charge in [0.1, 0.15) is 0 Å². The molecular weight excluding hydrogens is 230 g/mol. The molecule has 0 aromatic heterocycles. The first-order chi connectivity index (χ1) is 8.43. The van der Waals surface area contributed by atoms with E-state index in [1.54, 1.807) is 0 Å². The summed E-state index contributed by atoms with van der Waals surface area (Å²) >= 11 is 0. The van der Waals surface area contributed by atoms with Crippen LogP contribution in [0.1, 0.15) is 40.5 Å². The van der Waals surface area contributed by atoms with Crippen molar-refractivity contribution in [2.75, 3.05) is 19.6 Å². The molecule has 106 valence electrons. The lowest BCUT2D eigenvalue weighted by molar-refractivity contribution is -0.124. The molecule has 5 heteroatoms. The van der Waals surface area contributed by atoms with E-state index in [2.05, 4.69) is 16.0 Å². The summed E-state index contributed by atoms with van der Waals surface area (Å²) in [5.41, 5.74) is 0. The van der Waals surface area contributed by atoms with E-state index in [9.17, 15) is 9.59 Å². The predicted octanol–water partition coefficient (Wildman–Crippen LogP) is 0.653. The lowest BCUT2D eigenvalue weighted by atomic mass is 10.2. The van der Waals surface area contributed by atoms with Crippen LogP contribution in [0.4, 0.5) is 0 Å². The summed E-state index contributed by atoms with van der Waals surface area (Å²) in [5.74, 6) is 0.167. The van der Waals surface area contributed by atoms with E-state index < -0.39 is 0 Å². The van der Waals surface area contributed by atoms with E-state index in [-0.39, 0.29) is 23.8 Å². The summed E-state index contributed by atoms with van der Waals surface area (Å²) < 4.78 is 0. The molecule has 0 spiro atoms. The smallest absolute Gasteiger partial charge is 0.234 e. The van der Waals surface area contributed by atoms with Crippen molar-refractivity contribution in [2.24, 2.45) is 5.92 Å². The third-order valence-electron chi connectivity index (χ3n) is 2.34. The molecule has 0 atom stereocenters. The van der Waals surface area contributed by atoms with Crippen molar-refractivity contribution in [3.63, 3.8) is 0 Å². The second-order valence-electron chi connectivity index (χ2n) is 5.05. The van der Waals surface area contributed by atoms with Gasteiger partial charge in [-0.3, -0.25) is 9.59 Å². The maximum absolute atomic E-state index is 11.3. The van der Waals surface area contributed by atoms with Gasteiger partial charge in [-0.2, -0.15) is 0 Å². The number of rotatable bonds is 9. The predicted molar refractivity (Wildman–Crippen MR) is 73.2 cm³/mol. The van der Waals surface area contributed by atoms with Crippen LogP contribution in [0.3, 0.4) is 0 Å². The quantitative estimate of drug-likeness (QED) is 0.531. The third kappa shape index (κ3) is 10.1.